The number of alkyl halides is 3. The van der Waals surface area contributed by atoms with Crippen LogP contribution in [0.1, 0.15) is 47.0 Å². The zero-order chi connectivity index (χ0) is 17.4. The van der Waals surface area contributed by atoms with E-state index in [2.05, 4.69) is 0 Å². The summed E-state index contributed by atoms with van der Waals surface area (Å²) in [5.41, 5.74) is -10.2. The molecule has 0 aliphatic heterocycles. The highest BCUT2D eigenvalue weighted by molar-refractivity contribution is 6.09. The standard InChI is InChI=1S/C11H5F3O8/c12-11(13,14)6-4(9(19)20)2(7(15)16)1-3(8(17)18)5(6)10(21)22/h1H,(H,15,16)(H,17,18)(H,19,20)(H,21,22)/p-4. The summed E-state index contributed by atoms with van der Waals surface area (Å²) >= 11 is 0. The number of rotatable bonds is 4. The van der Waals surface area contributed by atoms with E-state index in [4.69, 9.17) is 0 Å². The highest BCUT2D eigenvalue weighted by atomic mass is 19.4. The molecule has 0 N–H and O–H groups in total. The molecule has 0 aliphatic carbocycles. The number of carboxylic acid groups (broad SMARTS) is 4. The van der Waals surface area contributed by atoms with Gasteiger partial charge in [-0.2, -0.15) is 13.2 Å². The Bertz CT molecular complexity index is 654. The van der Waals surface area contributed by atoms with Gasteiger partial charge < -0.3 is 39.6 Å². The van der Waals surface area contributed by atoms with Crippen molar-refractivity contribution in [2.24, 2.45) is 0 Å². The maximum Gasteiger partial charge on any atom is 0.417 e. The number of aromatic carboxylic acids is 4. The van der Waals surface area contributed by atoms with Crippen molar-refractivity contribution in [3.63, 3.8) is 0 Å². The minimum Gasteiger partial charge on any atom is -0.545 e. The molecule has 1 aromatic carbocycles. The van der Waals surface area contributed by atoms with Crippen molar-refractivity contribution in [2.45, 2.75) is 6.18 Å². The molecule has 0 saturated heterocycles. The fourth-order valence-corrected chi connectivity index (χ4v) is 1.71. The van der Waals surface area contributed by atoms with E-state index >= 15 is 0 Å². The van der Waals surface area contributed by atoms with E-state index in [1.807, 2.05) is 0 Å². The van der Waals surface area contributed by atoms with Crippen molar-refractivity contribution in [3.05, 3.63) is 33.9 Å². The maximum atomic E-state index is 12.9. The molecule has 0 fully saturated rings. The van der Waals surface area contributed by atoms with E-state index < -0.39 is 57.9 Å². The number of hydrogen-bond donors (Lipinski definition) is 0. The summed E-state index contributed by atoms with van der Waals surface area (Å²) < 4.78 is 38.7. The second kappa shape index (κ2) is 5.35. The van der Waals surface area contributed by atoms with Crippen LogP contribution in [0.4, 0.5) is 13.2 Å². The summed E-state index contributed by atoms with van der Waals surface area (Å²) in [5, 5.41) is 43.0. The van der Waals surface area contributed by atoms with Crippen LogP contribution in [0.2, 0.25) is 0 Å². The molecule has 8 nitrogen and oxygen atoms in total. The van der Waals surface area contributed by atoms with Crippen LogP contribution in [-0.4, -0.2) is 23.9 Å². The van der Waals surface area contributed by atoms with E-state index in [9.17, 15) is 52.8 Å². The van der Waals surface area contributed by atoms with Crippen molar-refractivity contribution >= 4 is 23.9 Å². The molecule has 0 saturated carbocycles. The predicted molar refractivity (Wildman–Crippen MR) is 48.8 cm³/mol. The Morgan fingerprint density at radius 1 is 0.727 bits per heavy atom. The Kier molecular flexibility index (Phi) is 4.12. The van der Waals surface area contributed by atoms with E-state index in [1.54, 1.807) is 0 Å². The van der Waals surface area contributed by atoms with E-state index in [0.717, 1.165) is 0 Å². The van der Waals surface area contributed by atoms with Gasteiger partial charge in [0.1, 0.15) is 0 Å². The highest BCUT2D eigenvalue weighted by Gasteiger charge is 2.39. The van der Waals surface area contributed by atoms with Gasteiger partial charge >= 0.3 is 6.18 Å². The molecule has 11 heteroatoms. The Labute approximate surface area is 118 Å². The van der Waals surface area contributed by atoms with Gasteiger partial charge in [0, 0.05) is 22.3 Å². The molecule has 0 bridgehead atoms. The fourth-order valence-electron chi connectivity index (χ4n) is 1.71. The smallest absolute Gasteiger partial charge is 0.417 e. The molecule has 0 aromatic heterocycles. The summed E-state index contributed by atoms with van der Waals surface area (Å²) in [6, 6.07) is -0.143. The number of halogens is 3. The lowest BCUT2D eigenvalue weighted by molar-refractivity contribution is -0.262. The number of hydrogen-bond acceptors (Lipinski definition) is 8. The average molecular weight is 318 g/mol. The third-order valence-corrected chi connectivity index (χ3v) is 2.46. The summed E-state index contributed by atoms with van der Waals surface area (Å²) in [4.78, 5) is 43.0. The number of benzene rings is 1. The first-order valence-corrected chi connectivity index (χ1v) is 5.03. The van der Waals surface area contributed by atoms with Crippen molar-refractivity contribution in [2.75, 3.05) is 0 Å². The largest absolute Gasteiger partial charge is 0.545 e. The quantitative estimate of drug-likeness (QED) is 0.545. The molecule has 0 amide bonds. The van der Waals surface area contributed by atoms with Crippen LogP contribution in [-0.2, 0) is 6.18 Å². The van der Waals surface area contributed by atoms with E-state index in [1.165, 1.54) is 0 Å². The maximum absolute atomic E-state index is 12.9. The molecule has 0 unspecified atom stereocenters. The van der Waals surface area contributed by atoms with Gasteiger partial charge in [-0.05, 0) is 6.07 Å². The third-order valence-electron chi connectivity index (χ3n) is 2.46. The molecule has 0 radical (unpaired) electrons. The minimum absolute atomic E-state index is 0.143. The average Bonchev–Trinajstić information content (AvgIpc) is 2.34. The Balaban J connectivity index is 4.20. The first kappa shape index (κ1) is 16.9. The van der Waals surface area contributed by atoms with Gasteiger partial charge in [0.25, 0.3) is 0 Å². The van der Waals surface area contributed by atoms with Gasteiger partial charge in [-0.15, -0.1) is 0 Å². The zero-order valence-corrected chi connectivity index (χ0v) is 9.98. The van der Waals surface area contributed by atoms with Crippen LogP contribution >= 0.6 is 0 Å². The number of carbonyl (C=O) groups excluding carboxylic acids is 4. The van der Waals surface area contributed by atoms with E-state index in [0.29, 0.717) is 0 Å². The van der Waals surface area contributed by atoms with Gasteiger partial charge in [-0.1, -0.05) is 0 Å². The lowest BCUT2D eigenvalue weighted by atomic mass is 9.90. The van der Waals surface area contributed by atoms with Crippen LogP contribution in [0, 0.1) is 0 Å². The molecular formula is C11HF3O8-4. The summed E-state index contributed by atoms with van der Waals surface area (Å²) in [6.45, 7) is 0. The molecule has 22 heavy (non-hydrogen) atoms. The fraction of sp³-hybridized carbons (Fsp3) is 0.0909. The first-order chi connectivity index (χ1) is 9.89. The topological polar surface area (TPSA) is 161 Å². The zero-order valence-electron chi connectivity index (χ0n) is 9.98. The molecule has 1 rings (SSSR count). The third kappa shape index (κ3) is 2.82. The first-order valence-electron chi connectivity index (χ1n) is 5.03. The predicted octanol–water partition coefficient (Wildman–Crippen LogP) is -3.84. The number of carboxylic acids is 4. The lowest BCUT2D eigenvalue weighted by Crippen LogP contribution is -2.38. The second-order valence-corrected chi connectivity index (χ2v) is 3.74. The molecule has 0 spiro atoms. The summed E-state index contributed by atoms with van der Waals surface area (Å²) in [7, 11) is 0. The number of carbonyl (C=O) groups is 4. The second-order valence-electron chi connectivity index (χ2n) is 3.74. The van der Waals surface area contributed by atoms with Crippen LogP contribution < -0.4 is 20.4 Å². The van der Waals surface area contributed by atoms with Crippen LogP contribution in [0.25, 0.3) is 0 Å². The van der Waals surface area contributed by atoms with Gasteiger partial charge in [-0.3, -0.25) is 0 Å². The summed E-state index contributed by atoms with van der Waals surface area (Å²) in [5.74, 6) is -10.4. The Morgan fingerprint density at radius 2 is 1.05 bits per heavy atom. The van der Waals surface area contributed by atoms with Gasteiger partial charge in [0.2, 0.25) is 0 Å². The van der Waals surface area contributed by atoms with Gasteiger partial charge in [-0.25, -0.2) is 0 Å². The lowest BCUT2D eigenvalue weighted by Gasteiger charge is -2.25. The van der Waals surface area contributed by atoms with Crippen molar-refractivity contribution < 1.29 is 52.8 Å². The highest BCUT2D eigenvalue weighted by Crippen LogP contribution is 2.37. The normalized spacial score (nSPS) is 11.0. The van der Waals surface area contributed by atoms with Crippen molar-refractivity contribution in [1.29, 1.82) is 0 Å². The SMILES string of the molecule is O=C([O-])c1cc(C(=O)[O-])c(C(=O)[O-])c(C(F)(F)F)c1C(=O)[O-]. The van der Waals surface area contributed by atoms with Crippen molar-refractivity contribution in [3.8, 4) is 0 Å². The molecule has 118 valence electrons. The van der Waals surface area contributed by atoms with Gasteiger partial charge in [0.05, 0.1) is 29.4 Å². The van der Waals surface area contributed by atoms with Crippen LogP contribution in [0.15, 0.2) is 6.07 Å². The van der Waals surface area contributed by atoms with Gasteiger partial charge in [0.15, 0.2) is 0 Å². The van der Waals surface area contributed by atoms with E-state index in [-0.39, 0.29) is 6.07 Å². The monoisotopic (exact) mass is 318 g/mol. The van der Waals surface area contributed by atoms with Crippen molar-refractivity contribution in [1.82, 2.24) is 0 Å². The Morgan fingerprint density at radius 3 is 1.23 bits per heavy atom. The minimum atomic E-state index is -5.74. The summed E-state index contributed by atoms with van der Waals surface area (Å²) in [6.07, 6.45) is -5.74. The van der Waals surface area contributed by atoms with Crippen LogP contribution in [0.3, 0.4) is 0 Å². The van der Waals surface area contributed by atoms with Crippen LogP contribution in [0.5, 0.6) is 0 Å². The molecule has 1 aromatic rings. The Hall–Kier alpha value is -3.11. The molecule has 0 heterocycles. The molecule has 0 aliphatic rings. The molecular weight excluding hydrogens is 317 g/mol. The molecule has 0 atom stereocenters.